The summed E-state index contributed by atoms with van der Waals surface area (Å²) >= 11 is 0. The lowest BCUT2D eigenvalue weighted by atomic mass is 9.83. The molecule has 1 N–H and O–H groups in total. The van der Waals surface area contributed by atoms with Crippen molar-refractivity contribution >= 4 is 15.5 Å². The van der Waals surface area contributed by atoms with Gasteiger partial charge in [-0.3, -0.25) is 4.98 Å². The summed E-state index contributed by atoms with van der Waals surface area (Å²) in [4.78, 5) is 4.36. The van der Waals surface area contributed by atoms with Gasteiger partial charge >= 0.3 is 0 Å². The molecular weight excluding hydrogens is 444 g/mol. The van der Waals surface area contributed by atoms with E-state index in [4.69, 9.17) is 0 Å². The zero-order valence-corrected chi connectivity index (χ0v) is 19.9. The fourth-order valence-electron chi connectivity index (χ4n) is 4.14. The first-order valence-corrected chi connectivity index (χ1v) is 12.8. The third-order valence-corrected chi connectivity index (χ3v) is 7.15. The van der Waals surface area contributed by atoms with E-state index in [0.717, 1.165) is 22.3 Å². The van der Waals surface area contributed by atoms with Crippen molar-refractivity contribution in [1.82, 2.24) is 4.98 Å². The highest BCUT2D eigenvalue weighted by Crippen LogP contribution is 2.33. The molecule has 6 heteroatoms. The van der Waals surface area contributed by atoms with Crippen LogP contribution in [0.5, 0.6) is 0 Å². The Morgan fingerprint density at radius 1 is 0.882 bits per heavy atom. The molecule has 1 unspecified atom stereocenters. The molecule has 1 heterocycles. The molecule has 4 rings (SSSR count). The average molecular weight is 471 g/mol. The second kappa shape index (κ2) is 10.0. The molecular formula is C28H26N2O3S. The molecule has 0 saturated carbocycles. The quantitative estimate of drug-likeness (QED) is 0.208. The van der Waals surface area contributed by atoms with Crippen LogP contribution in [0.2, 0.25) is 0 Å². The van der Waals surface area contributed by atoms with Crippen LogP contribution in [-0.4, -0.2) is 30.6 Å². The van der Waals surface area contributed by atoms with Crippen LogP contribution in [0.15, 0.2) is 107 Å². The van der Waals surface area contributed by atoms with Gasteiger partial charge in [0.2, 0.25) is 0 Å². The van der Waals surface area contributed by atoms with Crippen LogP contribution in [0.1, 0.15) is 34.6 Å². The first-order valence-electron chi connectivity index (χ1n) is 10.9. The van der Waals surface area contributed by atoms with Crippen LogP contribution in [0.4, 0.5) is 0 Å². The second-order valence-electron chi connectivity index (χ2n) is 8.31. The highest BCUT2D eigenvalue weighted by molar-refractivity contribution is 7.90. The van der Waals surface area contributed by atoms with Crippen molar-refractivity contribution in [3.05, 3.63) is 120 Å². The fourth-order valence-corrected chi connectivity index (χ4v) is 4.77. The number of hydrogen-bond donors (Lipinski definition) is 1. The molecule has 0 saturated heterocycles. The molecule has 172 valence electrons. The Labute approximate surface area is 200 Å². The average Bonchev–Trinajstić information content (AvgIpc) is 2.86. The van der Waals surface area contributed by atoms with Crippen LogP contribution in [-0.2, 0) is 9.84 Å². The third-order valence-electron chi connectivity index (χ3n) is 6.02. The van der Waals surface area contributed by atoms with Gasteiger partial charge in [0.05, 0.1) is 10.6 Å². The van der Waals surface area contributed by atoms with Gasteiger partial charge in [-0.15, -0.1) is 0 Å². The van der Waals surface area contributed by atoms with Gasteiger partial charge in [0.25, 0.3) is 0 Å². The number of pyridine rings is 1. The van der Waals surface area contributed by atoms with Gasteiger partial charge in [0, 0.05) is 36.6 Å². The molecule has 1 aromatic heterocycles. The van der Waals surface area contributed by atoms with Gasteiger partial charge in [0.1, 0.15) is 0 Å². The van der Waals surface area contributed by atoms with Gasteiger partial charge in [-0.25, -0.2) is 8.42 Å². The van der Waals surface area contributed by atoms with Crippen molar-refractivity contribution in [1.29, 1.82) is 0 Å². The number of aromatic nitrogens is 1. The highest BCUT2D eigenvalue weighted by atomic mass is 32.2. The van der Waals surface area contributed by atoms with E-state index in [1.807, 2.05) is 48.5 Å². The fraction of sp³-hybridized carbons (Fsp3) is 0.143. The molecule has 0 fully saturated rings. The summed E-state index contributed by atoms with van der Waals surface area (Å²) in [6.45, 7) is 2.09. The molecule has 0 radical (unpaired) electrons. The predicted octanol–water partition coefficient (Wildman–Crippen LogP) is 5.86. The number of rotatable bonds is 7. The molecule has 0 aliphatic heterocycles. The molecule has 0 spiro atoms. The summed E-state index contributed by atoms with van der Waals surface area (Å²) in [6, 6.07) is 27.1. The molecule has 1 atom stereocenters. The molecule has 0 aliphatic rings. The highest BCUT2D eigenvalue weighted by Gasteiger charge is 2.20. The van der Waals surface area contributed by atoms with Gasteiger partial charge < -0.3 is 5.21 Å². The van der Waals surface area contributed by atoms with E-state index in [1.54, 1.807) is 24.5 Å². The minimum Gasteiger partial charge on any atom is -0.411 e. The summed E-state index contributed by atoms with van der Waals surface area (Å²) in [6.07, 6.45) is 5.10. The largest absolute Gasteiger partial charge is 0.411 e. The molecule has 0 bridgehead atoms. The summed E-state index contributed by atoms with van der Waals surface area (Å²) in [5, 5.41) is 13.4. The van der Waals surface area contributed by atoms with Crippen LogP contribution in [0.25, 0.3) is 11.1 Å². The summed E-state index contributed by atoms with van der Waals surface area (Å²) < 4.78 is 23.5. The minimum absolute atomic E-state index is 0.0121. The van der Waals surface area contributed by atoms with E-state index in [0.29, 0.717) is 17.0 Å². The number of sulfone groups is 1. The Kier molecular flexibility index (Phi) is 6.89. The van der Waals surface area contributed by atoms with E-state index < -0.39 is 9.84 Å². The lowest BCUT2D eigenvalue weighted by Crippen LogP contribution is -2.11. The lowest BCUT2D eigenvalue weighted by molar-refractivity contribution is 0.317. The first kappa shape index (κ1) is 23.4. The lowest BCUT2D eigenvalue weighted by Gasteiger charge is -2.21. The molecule has 0 aliphatic carbocycles. The van der Waals surface area contributed by atoms with E-state index in [-0.39, 0.29) is 5.92 Å². The Bertz CT molecular complexity index is 1400. The van der Waals surface area contributed by atoms with Gasteiger partial charge in [-0.1, -0.05) is 65.8 Å². The van der Waals surface area contributed by atoms with Crippen LogP contribution < -0.4 is 0 Å². The smallest absolute Gasteiger partial charge is 0.175 e. The van der Waals surface area contributed by atoms with Gasteiger partial charge in [0.15, 0.2) is 9.84 Å². The number of oxime groups is 1. The zero-order chi connectivity index (χ0) is 24.1. The van der Waals surface area contributed by atoms with Crippen molar-refractivity contribution < 1.29 is 13.6 Å². The number of benzene rings is 3. The van der Waals surface area contributed by atoms with Crippen LogP contribution in [0.3, 0.4) is 0 Å². The molecule has 0 amide bonds. The summed E-state index contributed by atoms with van der Waals surface area (Å²) in [5.41, 5.74) is 6.80. The van der Waals surface area contributed by atoms with Crippen LogP contribution in [0, 0.1) is 6.92 Å². The predicted molar refractivity (Wildman–Crippen MR) is 135 cm³/mol. The molecule has 34 heavy (non-hydrogen) atoms. The Hall–Kier alpha value is -3.77. The molecule has 3 aromatic carbocycles. The van der Waals surface area contributed by atoms with Crippen molar-refractivity contribution in [2.45, 2.75) is 24.2 Å². The van der Waals surface area contributed by atoms with E-state index in [2.05, 4.69) is 41.3 Å². The second-order valence-corrected chi connectivity index (χ2v) is 10.3. The molecule has 4 aromatic rings. The maximum atomic E-state index is 11.7. The monoisotopic (exact) mass is 470 g/mol. The number of nitrogens with zero attached hydrogens (tertiary/aromatic N) is 2. The Morgan fingerprint density at radius 3 is 2.03 bits per heavy atom. The first-order chi connectivity index (χ1) is 16.4. The van der Waals surface area contributed by atoms with Crippen molar-refractivity contribution in [3.8, 4) is 11.1 Å². The molecule has 5 nitrogen and oxygen atoms in total. The van der Waals surface area contributed by atoms with E-state index in [9.17, 15) is 13.6 Å². The van der Waals surface area contributed by atoms with Crippen molar-refractivity contribution in [2.24, 2.45) is 5.16 Å². The van der Waals surface area contributed by atoms with Crippen LogP contribution >= 0.6 is 0 Å². The summed E-state index contributed by atoms with van der Waals surface area (Å²) in [7, 11) is -3.23. The SMILES string of the molecule is Cc1ccccc1C(CC(=NO)c1ccncc1)c1ccc(-c2ccc(S(C)(=O)=O)cc2)cc1. The Morgan fingerprint density at radius 2 is 1.47 bits per heavy atom. The Balaban J connectivity index is 1.69. The maximum Gasteiger partial charge on any atom is 0.175 e. The topological polar surface area (TPSA) is 79.6 Å². The van der Waals surface area contributed by atoms with E-state index in [1.165, 1.54) is 17.4 Å². The zero-order valence-electron chi connectivity index (χ0n) is 19.1. The van der Waals surface area contributed by atoms with Crippen molar-refractivity contribution in [2.75, 3.05) is 6.26 Å². The van der Waals surface area contributed by atoms with Gasteiger partial charge in [-0.05, 0) is 59.0 Å². The van der Waals surface area contributed by atoms with Crippen molar-refractivity contribution in [3.63, 3.8) is 0 Å². The number of hydrogen-bond acceptors (Lipinski definition) is 5. The summed E-state index contributed by atoms with van der Waals surface area (Å²) in [5.74, 6) is -0.0121. The number of aryl methyl sites for hydroxylation is 1. The maximum absolute atomic E-state index is 11.7. The standard InChI is InChI=1S/C28H26N2O3S/c1-20-5-3-4-6-26(20)27(19-28(30-31)24-15-17-29-18-16-24)23-9-7-21(8-10-23)22-11-13-25(14-12-22)34(2,32)33/h3-18,27,31H,19H2,1-2H3. The minimum atomic E-state index is -3.23. The van der Waals surface area contributed by atoms with Gasteiger partial charge in [-0.2, -0.15) is 0 Å². The van der Waals surface area contributed by atoms with E-state index >= 15 is 0 Å². The third kappa shape index (κ3) is 5.24. The normalized spacial score (nSPS) is 12.9.